The predicted octanol–water partition coefficient (Wildman–Crippen LogP) is 3.52. The van der Waals surface area contributed by atoms with Crippen molar-refractivity contribution < 1.29 is 4.79 Å². The number of aromatic nitrogens is 1. The molecule has 0 aliphatic heterocycles. The molecule has 7 heteroatoms. The summed E-state index contributed by atoms with van der Waals surface area (Å²) < 4.78 is 0. The fraction of sp³-hybridized carbons (Fsp3) is 0. The van der Waals surface area contributed by atoms with Crippen molar-refractivity contribution in [3.63, 3.8) is 0 Å². The Kier molecular flexibility index (Phi) is 4.89. The number of hydrogen-bond acceptors (Lipinski definition) is 3. The van der Waals surface area contributed by atoms with E-state index in [0.717, 1.165) is 0 Å². The van der Waals surface area contributed by atoms with Crippen LogP contribution in [0.1, 0.15) is 10.4 Å². The lowest BCUT2D eigenvalue weighted by molar-refractivity contribution is 0.0977. The van der Waals surface area contributed by atoms with Gasteiger partial charge in [0.2, 0.25) is 0 Å². The van der Waals surface area contributed by atoms with Crippen LogP contribution in [0.15, 0.2) is 42.6 Å². The molecule has 0 aliphatic carbocycles. The Morgan fingerprint density at radius 1 is 1.20 bits per heavy atom. The van der Waals surface area contributed by atoms with Crippen LogP contribution in [0.25, 0.3) is 0 Å². The fourth-order valence-corrected chi connectivity index (χ4v) is 2.00. The fourth-order valence-electron chi connectivity index (χ4n) is 1.44. The third-order valence-corrected chi connectivity index (χ3v) is 3.06. The zero-order chi connectivity index (χ0) is 14.5. The second-order valence-corrected chi connectivity index (χ2v) is 4.96. The van der Waals surface area contributed by atoms with Crippen LogP contribution in [0.3, 0.4) is 0 Å². The number of carbonyl (C=O) groups is 1. The van der Waals surface area contributed by atoms with Crippen molar-refractivity contribution in [2.75, 3.05) is 5.32 Å². The average molecular weight is 326 g/mol. The summed E-state index contributed by atoms with van der Waals surface area (Å²) in [5, 5.41) is 6.21. The minimum Gasteiger partial charge on any atom is -0.330 e. The first kappa shape index (κ1) is 14.7. The molecule has 2 N–H and O–H groups in total. The highest BCUT2D eigenvalue weighted by Gasteiger charge is 2.09. The van der Waals surface area contributed by atoms with Crippen LogP contribution in [0, 0.1) is 0 Å². The van der Waals surface area contributed by atoms with Gasteiger partial charge >= 0.3 is 0 Å². The highest BCUT2D eigenvalue weighted by atomic mass is 35.5. The van der Waals surface area contributed by atoms with Gasteiger partial charge in [0.1, 0.15) is 0 Å². The van der Waals surface area contributed by atoms with E-state index in [9.17, 15) is 4.79 Å². The number of benzene rings is 1. The standard InChI is InChI=1S/C13H9Cl2N3OS/c14-9-4-1-3-8(7-9)12(19)18-13(20)17-10-5-2-6-16-11(10)15/h1-7H,(H2,17,18,19,20). The molecule has 1 amide bonds. The van der Waals surface area contributed by atoms with Crippen LogP contribution in [0.4, 0.5) is 5.69 Å². The second-order valence-electron chi connectivity index (χ2n) is 3.76. The highest BCUT2D eigenvalue weighted by Crippen LogP contribution is 2.17. The van der Waals surface area contributed by atoms with E-state index in [1.165, 1.54) is 0 Å². The Hall–Kier alpha value is -1.69. The van der Waals surface area contributed by atoms with Gasteiger partial charge in [-0.1, -0.05) is 29.3 Å². The number of nitrogens with zero attached hydrogens (tertiary/aromatic N) is 1. The van der Waals surface area contributed by atoms with Crippen LogP contribution in [-0.2, 0) is 0 Å². The number of thiocarbonyl (C=S) groups is 1. The van der Waals surface area contributed by atoms with Crippen molar-refractivity contribution >= 4 is 52.1 Å². The summed E-state index contributed by atoms with van der Waals surface area (Å²) in [5.74, 6) is -0.356. The Labute approximate surface area is 131 Å². The zero-order valence-electron chi connectivity index (χ0n) is 10.1. The molecule has 0 fully saturated rings. The van der Waals surface area contributed by atoms with E-state index in [4.69, 9.17) is 35.4 Å². The van der Waals surface area contributed by atoms with Crippen molar-refractivity contribution in [1.29, 1.82) is 0 Å². The molecule has 1 heterocycles. The number of nitrogens with one attached hydrogen (secondary N) is 2. The number of hydrogen-bond donors (Lipinski definition) is 2. The monoisotopic (exact) mass is 325 g/mol. The lowest BCUT2D eigenvalue weighted by Gasteiger charge is -2.10. The van der Waals surface area contributed by atoms with Gasteiger partial charge in [-0.15, -0.1) is 0 Å². The summed E-state index contributed by atoms with van der Waals surface area (Å²) in [4.78, 5) is 15.8. The Balaban J connectivity index is 2.02. The predicted molar refractivity (Wildman–Crippen MR) is 84.4 cm³/mol. The second kappa shape index (κ2) is 6.65. The molecule has 0 radical (unpaired) electrons. The normalized spacial score (nSPS) is 9.90. The third kappa shape index (κ3) is 3.90. The van der Waals surface area contributed by atoms with E-state index in [0.29, 0.717) is 16.3 Å². The van der Waals surface area contributed by atoms with Crippen LogP contribution in [0.2, 0.25) is 10.2 Å². The van der Waals surface area contributed by atoms with Gasteiger partial charge in [-0.25, -0.2) is 4.98 Å². The largest absolute Gasteiger partial charge is 0.330 e. The van der Waals surface area contributed by atoms with E-state index >= 15 is 0 Å². The first-order valence-corrected chi connectivity index (χ1v) is 6.71. The van der Waals surface area contributed by atoms with Crippen molar-refractivity contribution in [3.05, 3.63) is 58.3 Å². The molecule has 0 bridgehead atoms. The lowest BCUT2D eigenvalue weighted by atomic mass is 10.2. The van der Waals surface area contributed by atoms with E-state index in [1.807, 2.05) is 0 Å². The number of carbonyl (C=O) groups excluding carboxylic acids is 1. The molecule has 1 aromatic heterocycles. The first-order chi connectivity index (χ1) is 9.56. The van der Waals surface area contributed by atoms with Gasteiger partial charge in [-0.3, -0.25) is 10.1 Å². The Bertz CT molecular complexity index is 664. The van der Waals surface area contributed by atoms with Gasteiger partial charge in [-0.2, -0.15) is 0 Å². The third-order valence-electron chi connectivity index (χ3n) is 2.32. The minimum absolute atomic E-state index is 0.130. The number of amides is 1. The van der Waals surface area contributed by atoms with Crippen LogP contribution >= 0.6 is 35.4 Å². The molecule has 0 aliphatic rings. The Morgan fingerprint density at radius 2 is 2.00 bits per heavy atom. The summed E-state index contributed by atoms with van der Waals surface area (Å²) in [5.41, 5.74) is 0.935. The maximum absolute atomic E-state index is 11.9. The number of halogens is 2. The van der Waals surface area contributed by atoms with Crippen molar-refractivity contribution in [2.45, 2.75) is 0 Å². The maximum atomic E-state index is 11.9. The zero-order valence-corrected chi connectivity index (χ0v) is 12.4. The molecule has 0 spiro atoms. The molecule has 4 nitrogen and oxygen atoms in total. The Morgan fingerprint density at radius 3 is 2.70 bits per heavy atom. The molecule has 2 rings (SSSR count). The number of pyridine rings is 1. The van der Waals surface area contributed by atoms with Gasteiger partial charge in [0.25, 0.3) is 5.91 Å². The molecule has 0 saturated carbocycles. The molecule has 102 valence electrons. The summed E-state index contributed by atoms with van der Waals surface area (Å²) in [6.07, 6.45) is 1.56. The van der Waals surface area contributed by atoms with Crippen LogP contribution < -0.4 is 10.6 Å². The van der Waals surface area contributed by atoms with Crippen molar-refractivity contribution in [1.82, 2.24) is 10.3 Å². The molecule has 0 atom stereocenters. The van der Waals surface area contributed by atoms with Gasteiger partial charge in [0.05, 0.1) is 5.69 Å². The minimum atomic E-state index is -0.356. The van der Waals surface area contributed by atoms with E-state index in [-0.39, 0.29) is 16.2 Å². The number of rotatable bonds is 2. The highest BCUT2D eigenvalue weighted by molar-refractivity contribution is 7.80. The van der Waals surface area contributed by atoms with Gasteiger partial charge in [0.15, 0.2) is 10.3 Å². The van der Waals surface area contributed by atoms with E-state index in [1.54, 1.807) is 42.6 Å². The van der Waals surface area contributed by atoms with E-state index in [2.05, 4.69) is 15.6 Å². The topological polar surface area (TPSA) is 54.0 Å². The summed E-state index contributed by atoms with van der Waals surface area (Å²) in [7, 11) is 0. The smallest absolute Gasteiger partial charge is 0.257 e. The van der Waals surface area contributed by atoms with Gasteiger partial charge in [0, 0.05) is 16.8 Å². The maximum Gasteiger partial charge on any atom is 0.257 e. The molecule has 20 heavy (non-hydrogen) atoms. The first-order valence-electron chi connectivity index (χ1n) is 5.54. The molecule has 0 saturated heterocycles. The molecular formula is C13H9Cl2N3OS. The lowest BCUT2D eigenvalue weighted by Crippen LogP contribution is -2.34. The summed E-state index contributed by atoms with van der Waals surface area (Å²) >= 11 is 16.7. The van der Waals surface area contributed by atoms with Crippen molar-refractivity contribution in [2.24, 2.45) is 0 Å². The van der Waals surface area contributed by atoms with Gasteiger partial charge < -0.3 is 5.32 Å². The summed E-state index contributed by atoms with van der Waals surface area (Å²) in [6, 6.07) is 9.97. The SMILES string of the molecule is O=C(NC(=S)Nc1cccnc1Cl)c1cccc(Cl)c1. The van der Waals surface area contributed by atoms with E-state index < -0.39 is 0 Å². The molecule has 1 aromatic carbocycles. The quantitative estimate of drug-likeness (QED) is 0.655. The van der Waals surface area contributed by atoms with Crippen LogP contribution in [-0.4, -0.2) is 16.0 Å². The molecule has 0 unspecified atom stereocenters. The molecule has 2 aromatic rings. The average Bonchev–Trinajstić information content (AvgIpc) is 2.41. The molecular weight excluding hydrogens is 317 g/mol. The summed E-state index contributed by atoms with van der Waals surface area (Å²) in [6.45, 7) is 0. The van der Waals surface area contributed by atoms with Gasteiger partial charge in [-0.05, 0) is 42.5 Å². The van der Waals surface area contributed by atoms with Crippen molar-refractivity contribution in [3.8, 4) is 0 Å². The number of anilines is 1. The van der Waals surface area contributed by atoms with Crippen LogP contribution in [0.5, 0.6) is 0 Å².